The summed E-state index contributed by atoms with van der Waals surface area (Å²) in [7, 11) is -2.59. The monoisotopic (exact) mass is 508 g/mol. The molecular formula is C25H24N4O6S. The van der Waals surface area contributed by atoms with E-state index in [2.05, 4.69) is 15.6 Å². The molecule has 1 saturated heterocycles. The first-order chi connectivity index (χ1) is 17.3. The number of carbonyl (C=O) groups is 3. The number of hydrazine groups is 1. The van der Waals surface area contributed by atoms with Gasteiger partial charge in [0.25, 0.3) is 21.8 Å². The second-order valence-corrected chi connectivity index (χ2v) is 9.62. The molecule has 1 aliphatic heterocycles. The number of nitrogens with zero attached hydrogens (tertiary/aromatic N) is 1. The lowest BCUT2D eigenvalue weighted by atomic mass is 10.2. The topological polar surface area (TPSA) is 134 Å². The zero-order valence-electron chi connectivity index (χ0n) is 19.4. The molecule has 0 radical (unpaired) electrons. The fourth-order valence-corrected chi connectivity index (χ4v) is 4.82. The lowest BCUT2D eigenvalue weighted by Crippen LogP contribution is -2.41. The minimum absolute atomic E-state index is 0.0288. The van der Waals surface area contributed by atoms with Crippen LogP contribution in [0.25, 0.3) is 0 Å². The van der Waals surface area contributed by atoms with Crippen molar-refractivity contribution in [2.45, 2.75) is 17.7 Å². The van der Waals surface area contributed by atoms with Crippen molar-refractivity contribution in [3.05, 3.63) is 83.9 Å². The molecule has 0 atom stereocenters. The van der Waals surface area contributed by atoms with Crippen molar-refractivity contribution in [3.63, 3.8) is 0 Å². The molecule has 0 aliphatic carbocycles. The summed E-state index contributed by atoms with van der Waals surface area (Å²) in [4.78, 5) is 38.4. The highest BCUT2D eigenvalue weighted by Crippen LogP contribution is 2.26. The van der Waals surface area contributed by atoms with E-state index in [0.29, 0.717) is 24.4 Å². The van der Waals surface area contributed by atoms with Crippen LogP contribution >= 0.6 is 0 Å². The Bertz CT molecular complexity index is 1410. The molecule has 10 nitrogen and oxygen atoms in total. The maximum atomic E-state index is 12.8. The SMILES string of the molecule is COc1ccccc1NS(=O)(=O)c1cccc(C(=O)NNC(=O)c2ccc(N3CCCC3=O)cc2)c1. The average molecular weight is 509 g/mol. The molecule has 1 heterocycles. The van der Waals surface area contributed by atoms with Crippen LogP contribution in [0.5, 0.6) is 5.75 Å². The molecule has 0 spiro atoms. The summed E-state index contributed by atoms with van der Waals surface area (Å²) in [6, 6.07) is 18.4. The van der Waals surface area contributed by atoms with E-state index in [1.54, 1.807) is 53.4 Å². The number of hydrogen-bond acceptors (Lipinski definition) is 6. The van der Waals surface area contributed by atoms with E-state index in [4.69, 9.17) is 4.74 Å². The van der Waals surface area contributed by atoms with Gasteiger partial charge in [0.1, 0.15) is 5.75 Å². The summed E-state index contributed by atoms with van der Waals surface area (Å²) in [5, 5.41) is 0. The first-order valence-corrected chi connectivity index (χ1v) is 12.5. The zero-order chi connectivity index (χ0) is 25.7. The Hall–Kier alpha value is -4.38. The molecule has 3 amide bonds. The number of rotatable bonds is 7. The van der Waals surface area contributed by atoms with Gasteiger partial charge in [-0.05, 0) is 61.0 Å². The summed E-state index contributed by atoms with van der Waals surface area (Å²) in [6.45, 7) is 0.642. The summed E-state index contributed by atoms with van der Waals surface area (Å²) in [6.07, 6.45) is 1.30. The fourth-order valence-electron chi connectivity index (χ4n) is 3.71. The Morgan fingerprint density at radius 2 is 1.58 bits per heavy atom. The van der Waals surface area contributed by atoms with Crippen LogP contribution in [0.3, 0.4) is 0 Å². The van der Waals surface area contributed by atoms with Gasteiger partial charge in [-0.1, -0.05) is 18.2 Å². The van der Waals surface area contributed by atoms with Crippen molar-refractivity contribution >= 4 is 39.1 Å². The lowest BCUT2D eigenvalue weighted by Gasteiger charge is -2.16. The Kier molecular flexibility index (Phi) is 7.20. The number of ether oxygens (including phenoxy) is 1. The van der Waals surface area contributed by atoms with Crippen molar-refractivity contribution in [1.29, 1.82) is 0 Å². The molecule has 36 heavy (non-hydrogen) atoms. The minimum atomic E-state index is -4.02. The number of anilines is 2. The van der Waals surface area contributed by atoms with Gasteiger partial charge in [0, 0.05) is 29.8 Å². The first-order valence-electron chi connectivity index (χ1n) is 11.1. The van der Waals surface area contributed by atoms with Crippen LogP contribution in [0, 0.1) is 0 Å². The highest BCUT2D eigenvalue weighted by atomic mass is 32.2. The van der Waals surface area contributed by atoms with Gasteiger partial charge < -0.3 is 9.64 Å². The Labute approximate surface area is 208 Å². The van der Waals surface area contributed by atoms with Crippen LogP contribution in [-0.4, -0.2) is 39.8 Å². The van der Waals surface area contributed by atoms with E-state index >= 15 is 0 Å². The van der Waals surface area contributed by atoms with Crippen LogP contribution in [0.2, 0.25) is 0 Å². The molecule has 3 aromatic carbocycles. The second kappa shape index (κ2) is 10.5. The predicted octanol–water partition coefficient (Wildman–Crippen LogP) is 2.70. The number of benzene rings is 3. The average Bonchev–Trinajstić information content (AvgIpc) is 3.33. The van der Waals surface area contributed by atoms with Gasteiger partial charge in [0.05, 0.1) is 17.7 Å². The molecule has 3 N–H and O–H groups in total. The van der Waals surface area contributed by atoms with Gasteiger partial charge in [-0.2, -0.15) is 0 Å². The third-order valence-electron chi connectivity index (χ3n) is 5.56. The predicted molar refractivity (Wildman–Crippen MR) is 133 cm³/mol. The molecule has 0 bridgehead atoms. The number of amides is 3. The molecule has 0 aromatic heterocycles. The number of hydrogen-bond donors (Lipinski definition) is 3. The van der Waals surface area contributed by atoms with E-state index in [1.165, 1.54) is 31.4 Å². The maximum absolute atomic E-state index is 12.8. The third-order valence-corrected chi connectivity index (χ3v) is 6.93. The highest BCUT2D eigenvalue weighted by Gasteiger charge is 2.22. The van der Waals surface area contributed by atoms with Crippen molar-refractivity contribution in [1.82, 2.24) is 10.9 Å². The maximum Gasteiger partial charge on any atom is 0.269 e. The fraction of sp³-hybridized carbons (Fsp3) is 0.160. The number of nitrogens with one attached hydrogen (secondary N) is 3. The molecule has 3 aromatic rings. The van der Waals surface area contributed by atoms with Crippen molar-refractivity contribution in [2.75, 3.05) is 23.3 Å². The van der Waals surface area contributed by atoms with E-state index in [-0.39, 0.29) is 27.6 Å². The summed E-state index contributed by atoms with van der Waals surface area (Å²) in [5.74, 6) is -0.874. The number of methoxy groups -OCH3 is 1. The molecule has 186 valence electrons. The molecule has 1 fully saturated rings. The number of sulfonamides is 1. The molecule has 0 unspecified atom stereocenters. The van der Waals surface area contributed by atoms with Crippen molar-refractivity contribution < 1.29 is 27.5 Å². The van der Waals surface area contributed by atoms with Gasteiger partial charge in [0.15, 0.2) is 0 Å². The highest BCUT2D eigenvalue weighted by molar-refractivity contribution is 7.92. The number of para-hydroxylation sites is 2. The minimum Gasteiger partial charge on any atom is -0.495 e. The van der Waals surface area contributed by atoms with E-state index < -0.39 is 21.8 Å². The summed E-state index contributed by atoms with van der Waals surface area (Å²) >= 11 is 0. The van der Waals surface area contributed by atoms with Crippen LogP contribution in [-0.2, 0) is 14.8 Å². The van der Waals surface area contributed by atoms with E-state index in [9.17, 15) is 22.8 Å². The Balaban J connectivity index is 1.40. The van der Waals surface area contributed by atoms with Crippen LogP contribution < -0.4 is 25.2 Å². The normalized spacial score (nSPS) is 13.2. The second-order valence-electron chi connectivity index (χ2n) is 7.94. The Morgan fingerprint density at radius 1 is 0.889 bits per heavy atom. The lowest BCUT2D eigenvalue weighted by molar-refractivity contribution is -0.117. The molecule has 0 saturated carbocycles. The van der Waals surface area contributed by atoms with E-state index in [1.807, 2.05) is 0 Å². The third kappa shape index (κ3) is 5.47. The Morgan fingerprint density at radius 3 is 2.25 bits per heavy atom. The molecule has 11 heteroatoms. The van der Waals surface area contributed by atoms with Crippen LogP contribution in [0.1, 0.15) is 33.6 Å². The van der Waals surface area contributed by atoms with Crippen LogP contribution in [0.15, 0.2) is 77.7 Å². The van der Waals surface area contributed by atoms with E-state index in [0.717, 1.165) is 6.42 Å². The number of carbonyl (C=O) groups excluding carboxylic acids is 3. The van der Waals surface area contributed by atoms with Crippen molar-refractivity contribution in [3.8, 4) is 5.75 Å². The van der Waals surface area contributed by atoms with Gasteiger partial charge in [-0.3, -0.25) is 30.0 Å². The largest absolute Gasteiger partial charge is 0.495 e. The van der Waals surface area contributed by atoms with Crippen LogP contribution in [0.4, 0.5) is 11.4 Å². The standard InChI is InChI=1S/C25H24N4O6S/c1-35-22-9-3-2-8-21(22)28-36(33,34)20-7-4-6-18(16-20)25(32)27-26-24(31)17-11-13-19(14-12-17)29-15-5-10-23(29)30/h2-4,6-9,11-14,16,28H,5,10,15H2,1H3,(H,26,31)(H,27,32). The van der Waals surface area contributed by atoms with Crippen molar-refractivity contribution in [2.24, 2.45) is 0 Å². The molecule has 1 aliphatic rings. The van der Waals surface area contributed by atoms with Gasteiger partial charge >= 0.3 is 0 Å². The zero-order valence-corrected chi connectivity index (χ0v) is 20.2. The quantitative estimate of drug-likeness (QED) is 0.420. The molecular weight excluding hydrogens is 484 g/mol. The smallest absolute Gasteiger partial charge is 0.269 e. The first kappa shape index (κ1) is 24.7. The van der Waals surface area contributed by atoms with Gasteiger partial charge in [-0.15, -0.1) is 0 Å². The van der Waals surface area contributed by atoms with Gasteiger partial charge in [-0.25, -0.2) is 8.42 Å². The molecule has 4 rings (SSSR count). The summed E-state index contributed by atoms with van der Waals surface area (Å²) in [5.41, 5.74) is 5.86. The van der Waals surface area contributed by atoms with Gasteiger partial charge in [0.2, 0.25) is 5.91 Å². The summed E-state index contributed by atoms with van der Waals surface area (Å²) < 4.78 is 33.3.